The summed E-state index contributed by atoms with van der Waals surface area (Å²) in [6.45, 7) is 7.35. The topological polar surface area (TPSA) is 33.5 Å². The largest absolute Gasteiger partial charge is 0.459 e. The van der Waals surface area contributed by atoms with E-state index >= 15 is 0 Å². The molecule has 0 aliphatic rings. The van der Waals surface area contributed by atoms with Crippen LogP contribution in [0.4, 0.5) is 0 Å². The van der Waals surface area contributed by atoms with Gasteiger partial charge in [-0.3, -0.25) is 4.79 Å². The Labute approximate surface area is 113 Å². The second-order valence-corrected chi connectivity index (χ2v) is 4.51. The number of nitrogens with zero attached hydrogens (tertiary/aromatic N) is 1. The molecule has 0 fully saturated rings. The summed E-state index contributed by atoms with van der Waals surface area (Å²) in [6.07, 6.45) is 1.58. The molecule has 0 aliphatic heterocycles. The van der Waals surface area contributed by atoms with E-state index < -0.39 is 0 Å². The second-order valence-electron chi connectivity index (χ2n) is 4.51. The Morgan fingerprint density at radius 2 is 1.74 bits per heavy atom. The first-order valence-electron chi connectivity index (χ1n) is 6.61. The van der Waals surface area contributed by atoms with Crippen LogP contribution in [0, 0.1) is 6.92 Å². The highest BCUT2D eigenvalue weighted by atomic mass is 16.3. The summed E-state index contributed by atoms with van der Waals surface area (Å²) in [5, 5.41) is 0. The molecule has 0 saturated heterocycles. The highest BCUT2D eigenvalue weighted by Gasteiger charge is 2.20. The molecule has 0 saturated carbocycles. The van der Waals surface area contributed by atoms with Crippen LogP contribution >= 0.6 is 0 Å². The van der Waals surface area contributed by atoms with Crippen LogP contribution in [-0.2, 0) is 0 Å². The fourth-order valence-corrected chi connectivity index (χ4v) is 2.09. The third-order valence-electron chi connectivity index (χ3n) is 3.27. The minimum Gasteiger partial charge on any atom is -0.459 e. The van der Waals surface area contributed by atoms with Gasteiger partial charge in [0, 0.05) is 18.7 Å². The first-order valence-corrected chi connectivity index (χ1v) is 6.61. The number of aryl methyl sites for hydroxylation is 1. The third kappa shape index (κ3) is 2.70. The van der Waals surface area contributed by atoms with E-state index in [1.54, 1.807) is 11.2 Å². The van der Waals surface area contributed by atoms with Gasteiger partial charge in [-0.2, -0.15) is 0 Å². The third-order valence-corrected chi connectivity index (χ3v) is 3.27. The van der Waals surface area contributed by atoms with Gasteiger partial charge in [-0.15, -0.1) is 0 Å². The lowest BCUT2D eigenvalue weighted by Gasteiger charge is -2.17. The Morgan fingerprint density at radius 3 is 2.32 bits per heavy atom. The van der Waals surface area contributed by atoms with Crippen LogP contribution in [0.15, 0.2) is 41.0 Å². The number of furan rings is 1. The van der Waals surface area contributed by atoms with Gasteiger partial charge < -0.3 is 9.32 Å². The maximum Gasteiger partial charge on any atom is 0.290 e. The molecule has 0 bridgehead atoms. The maximum absolute atomic E-state index is 12.4. The van der Waals surface area contributed by atoms with Gasteiger partial charge in [-0.1, -0.05) is 29.8 Å². The SMILES string of the molecule is CCN(CC)C(=O)c1occc1-c1ccc(C)cc1. The summed E-state index contributed by atoms with van der Waals surface area (Å²) < 4.78 is 5.40. The number of carbonyl (C=O) groups is 1. The van der Waals surface area contributed by atoms with Crippen molar-refractivity contribution in [3.63, 3.8) is 0 Å². The van der Waals surface area contributed by atoms with E-state index in [0.717, 1.165) is 11.1 Å². The summed E-state index contributed by atoms with van der Waals surface area (Å²) in [5.74, 6) is 0.373. The fourth-order valence-electron chi connectivity index (χ4n) is 2.09. The Morgan fingerprint density at radius 1 is 1.11 bits per heavy atom. The molecule has 1 aromatic carbocycles. The summed E-state index contributed by atoms with van der Waals surface area (Å²) in [5.41, 5.74) is 3.07. The predicted octanol–water partition coefficient (Wildman–Crippen LogP) is 3.74. The lowest BCUT2D eigenvalue weighted by atomic mass is 10.0. The standard InChI is InChI=1S/C16H19NO2/c1-4-17(5-2)16(18)15-14(10-11-19-15)13-8-6-12(3)7-9-13/h6-11H,4-5H2,1-3H3. The molecule has 1 heterocycles. The van der Waals surface area contributed by atoms with Gasteiger partial charge in [0.1, 0.15) is 0 Å². The zero-order valence-electron chi connectivity index (χ0n) is 11.6. The molecule has 0 aliphatic carbocycles. The molecule has 1 aromatic heterocycles. The molecule has 0 unspecified atom stereocenters. The average molecular weight is 257 g/mol. The van der Waals surface area contributed by atoms with Crippen molar-refractivity contribution >= 4 is 5.91 Å². The van der Waals surface area contributed by atoms with Crippen LogP contribution in [0.1, 0.15) is 30.0 Å². The van der Waals surface area contributed by atoms with Crippen molar-refractivity contribution in [3.05, 3.63) is 47.9 Å². The molecule has 100 valence electrons. The van der Waals surface area contributed by atoms with Crippen molar-refractivity contribution in [1.29, 1.82) is 0 Å². The fraction of sp³-hybridized carbons (Fsp3) is 0.312. The minimum atomic E-state index is -0.0504. The zero-order chi connectivity index (χ0) is 13.8. The van der Waals surface area contributed by atoms with Crippen molar-refractivity contribution in [1.82, 2.24) is 4.90 Å². The molecule has 0 radical (unpaired) electrons. The summed E-state index contributed by atoms with van der Waals surface area (Å²) in [4.78, 5) is 14.1. The van der Waals surface area contributed by atoms with Crippen molar-refractivity contribution in [3.8, 4) is 11.1 Å². The van der Waals surface area contributed by atoms with E-state index in [1.807, 2.05) is 51.1 Å². The van der Waals surface area contributed by atoms with Gasteiger partial charge in [0.2, 0.25) is 0 Å². The van der Waals surface area contributed by atoms with Crippen LogP contribution < -0.4 is 0 Å². The number of hydrogen-bond acceptors (Lipinski definition) is 2. The van der Waals surface area contributed by atoms with E-state index in [9.17, 15) is 4.79 Å². The van der Waals surface area contributed by atoms with Gasteiger partial charge in [0.15, 0.2) is 5.76 Å². The zero-order valence-corrected chi connectivity index (χ0v) is 11.6. The van der Waals surface area contributed by atoms with Gasteiger partial charge in [-0.05, 0) is 32.4 Å². The second kappa shape index (κ2) is 5.74. The first-order chi connectivity index (χ1) is 9.17. The maximum atomic E-state index is 12.4. The molecule has 0 spiro atoms. The summed E-state index contributed by atoms with van der Waals surface area (Å²) >= 11 is 0. The van der Waals surface area contributed by atoms with Gasteiger partial charge in [-0.25, -0.2) is 0 Å². The summed E-state index contributed by atoms with van der Waals surface area (Å²) in [7, 11) is 0. The van der Waals surface area contributed by atoms with Gasteiger partial charge in [0.25, 0.3) is 5.91 Å². The lowest BCUT2D eigenvalue weighted by Crippen LogP contribution is -2.30. The normalized spacial score (nSPS) is 10.5. The molecule has 3 nitrogen and oxygen atoms in total. The monoisotopic (exact) mass is 257 g/mol. The van der Waals surface area contributed by atoms with Crippen molar-refractivity contribution < 1.29 is 9.21 Å². The molecule has 0 N–H and O–H groups in total. The Kier molecular flexibility index (Phi) is 4.05. The van der Waals surface area contributed by atoms with Crippen molar-refractivity contribution in [2.75, 3.05) is 13.1 Å². The van der Waals surface area contributed by atoms with Gasteiger partial charge in [0.05, 0.1) is 6.26 Å². The highest BCUT2D eigenvalue weighted by Crippen LogP contribution is 2.26. The molecule has 3 heteroatoms. The van der Waals surface area contributed by atoms with E-state index in [2.05, 4.69) is 0 Å². The van der Waals surface area contributed by atoms with E-state index in [-0.39, 0.29) is 5.91 Å². The van der Waals surface area contributed by atoms with Crippen LogP contribution in [-0.4, -0.2) is 23.9 Å². The van der Waals surface area contributed by atoms with Crippen LogP contribution in [0.3, 0.4) is 0 Å². The average Bonchev–Trinajstić information content (AvgIpc) is 2.90. The van der Waals surface area contributed by atoms with Crippen LogP contribution in [0.5, 0.6) is 0 Å². The van der Waals surface area contributed by atoms with E-state index in [4.69, 9.17) is 4.42 Å². The molecule has 2 rings (SSSR count). The van der Waals surface area contributed by atoms with Crippen molar-refractivity contribution in [2.24, 2.45) is 0 Å². The molecule has 19 heavy (non-hydrogen) atoms. The predicted molar refractivity (Wildman–Crippen MR) is 76.1 cm³/mol. The first kappa shape index (κ1) is 13.4. The number of carbonyl (C=O) groups excluding carboxylic acids is 1. The smallest absolute Gasteiger partial charge is 0.290 e. The number of amides is 1. The van der Waals surface area contributed by atoms with E-state index in [1.165, 1.54) is 5.56 Å². The molecular formula is C16H19NO2. The highest BCUT2D eigenvalue weighted by molar-refractivity contribution is 5.98. The van der Waals surface area contributed by atoms with Gasteiger partial charge >= 0.3 is 0 Å². The Bertz CT molecular complexity index is 550. The Hall–Kier alpha value is -2.03. The number of benzene rings is 1. The summed E-state index contributed by atoms with van der Waals surface area (Å²) in [6, 6.07) is 9.95. The minimum absolute atomic E-state index is 0.0504. The Balaban J connectivity index is 2.37. The number of rotatable bonds is 4. The van der Waals surface area contributed by atoms with Crippen LogP contribution in [0.25, 0.3) is 11.1 Å². The number of hydrogen-bond donors (Lipinski definition) is 0. The van der Waals surface area contributed by atoms with Crippen molar-refractivity contribution in [2.45, 2.75) is 20.8 Å². The molecule has 0 atom stereocenters. The van der Waals surface area contributed by atoms with E-state index in [0.29, 0.717) is 18.8 Å². The molecule has 2 aromatic rings. The molecular weight excluding hydrogens is 238 g/mol. The lowest BCUT2D eigenvalue weighted by molar-refractivity contribution is 0.0742. The van der Waals surface area contributed by atoms with Crippen LogP contribution in [0.2, 0.25) is 0 Å². The molecule has 1 amide bonds. The quantitative estimate of drug-likeness (QED) is 0.836.